The molecule has 2 N–H and O–H groups in total. The number of fused-ring (bicyclic) bond motifs is 2. The van der Waals surface area contributed by atoms with Crippen molar-refractivity contribution in [2.75, 3.05) is 43.6 Å². The van der Waals surface area contributed by atoms with Crippen molar-refractivity contribution in [2.24, 2.45) is 4.99 Å². The van der Waals surface area contributed by atoms with Gasteiger partial charge in [0.15, 0.2) is 19.7 Å². The van der Waals surface area contributed by atoms with Crippen LogP contribution in [-0.4, -0.2) is 76.7 Å². The molecule has 0 bridgehead atoms. The van der Waals surface area contributed by atoms with E-state index >= 15 is 0 Å². The maximum absolute atomic E-state index is 13.3. The Morgan fingerprint density at radius 1 is 0.950 bits per heavy atom. The van der Waals surface area contributed by atoms with Crippen LogP contribution in [0.25, 0.3) is 21.8 Å². The number of amidine groups is 1. The highest BCUT2D eigenvalue weighted by atomic mass is 35.5. The SMILES string of the molecule is CS(=O)(=O)c1cn(CC2NCCN2c2c(S(C)(=O)=O)c3cccc(Cl)c3n2CC2=NCCN2)c2c(Cl)cccc12. The van der Waals surface area contributed by atoms with Crippen LogP contribution in [0.3, 0.4) is 0 Å². The predicted molar refractivity (Wildman–Crippen MR) is 160 cm³/mol. The van der Waals surface area contributed by atoms with Gasteiger partial charge < -0.3 is 19.4 Å². The Bertz CT molecular complexity index is 1910. The van der Waals surface area contributed by atoms with Gasteiger partial charge in [0, 0.05) is 49.1 Å². The van der Waals surface area contributed by atoms with E-state index in [0.717, 1.165) is 5.84 Å². The summed E-state index contributed by atoms with van der Waals surface area (Å²) in [5.74, 6) is 1.27. The molecule has 4 aromatic rings. The van der Waals surface area contributed by atoms with E-state index in [1.807, 2.05) is 14.0 Å². The van der Waals surface area contributed by atoms with Crippen LogP contribution in [0, 0.1) is 0 Å². The lowest BCUT2D eigenvalue weighted by Gasteiger charge is -2.29. The molecule has 0 radical (unpaired) electrons. The number of rotatable bonds is 7. The van der Waals surface area contributed by atoms with Gasteiger partial charge in [0.1, 0.15) is 16.5 Å². The molecule has 2 aliphatic heterocycles. The molecule has 2 aromatic heterocycles. The second-order valence-electron chi connectivity index (χ2n) is 10.1. The number of nitrogens with zero attached hydrogens (tertiary/aromatic N) is 4. The van der Waals surface area contributed by atoms with Crippen LogP contribution < -0.4 is 15.5 Å². The molecule has 14 heteroatoms. The van der Waals surface area contributed by atoms with Crippen LogP contribution in [0.4, 0.5) is 5.82 Å². The van der Waals surface area contributed by atoms with E-state index in [1.54, 1.807) is 42.6 Å². The van der Waals surface area contributed by atoms with Crippen molar-refractivity contribution in [2.45, 2.75) is 29.0 Å². The van der Waals surface area contributed by atoms with E-state index in [-0.39, 0.29) is 16.0 Å². The first-order valence-electron chi connectivity index (χ1n) is 12.7. The maximum atomic E-state index is 13.3. The van der Waals surface area contributed by atoms with Crippen LogP contribution in [0.15, 0.2) is 57.4 Å². The van der Waals surface area contributed by atoms with Gasteiger partial charge in [-0.15, -0.1) is 0 Å². The normalized spacial score (nSPS) is 18.1. The zero-order chi connectivity index (χ0) is 28.4. The molecule has 6 rings (SSSR count). The monoisotopic (exact) mass is 622 g/mol. The van der Waals surface area contributed by atoms with Crippen LogP contribution in [0.1, 0.15) is 0 Å². The number of benzene rings is 2. The largest absolute Gasteiger partial charge is 0.370 e. The van der Waals surface area contributed by atoms with Crippen molar-refractivity contribution in [3.63, 3.8) is 0 Å². The first-order valence-corrected chi connectivity index (χ1v) is 17.2. The summed E-state index contributed by atoms with van der Waals surface area (Å²) in [6.07, 6.45) is 3.61. The first kappa shape index (κ1) is 27.4. The van der Waals surface area contributed by atoms with Gasteiger partial charge in [-0.05, 0) is 12.1 Å². The third kappa shape index (κ3) is 4.65. The summed E-state index contributed by atoms with van der Waals surface area (Å²) < 4.78 is 55.7. The van der Waals surface area contributed by atoms with E-state index in [2.05, 4.69) is 15.6 Å². The van der Waals surface area contributed by atoms with Gasteiger partial charge in [0.2, 0.25) is 0 Å². The van der Waals surface area contributed by atoms with Crippen molar-refractivity contribution >= 4 is 76.3 Å². The topological polar surface area (TPSA) is 118 Å². The summed E-state index contributed by atoms with van der Waals surface area (Å²) in [4.78, 5) is 6.96. The number of anilines is 1. The van der Waals surface area contributed by atoms with Crippen molar-refractivity contribution in [3.05, 3.63) is 52.6 Å². The number of aromatic nitrogens is 2. The molecule has 0 amide bonds. The Balaban J connectivity index is 1.53. The molecule has 0 spiro atoms. The van der Waals surface area contributed by atoms with Crippen molar-refractivity contribution in [1.29, 1.82) is 0 Å². The highest BCUT2D eigenvalue weighted by Gasteiger charge is 2.35. The Hall–Kier alpha value is -2.77. The quantitative estimate of drug-likeness (QED) is 0.325. The van der Waals surface area contributed by atoms with Crippen LogP contribution in [0.2, 0.25) is 10.0 Å². The van der Waals surface area contributed by atoms with E-state index in [9.17, 15) is 16.8 Å². The minimum atomic E-state index is -3.70. The number of para-hydroxylation sites is 2. The standard InChI is InChI=1S/C26H28Cl2N6O4S2/c1-39(35,36)20-13-32(23-16(20)5-3-7-18(23)27)15-22-31-11-12-33(22)26-25(40(2,37)38)17-6-4-8-19(28)24(17)34(26)14-21-29-9-10-30-21/h3-8,13,22,31H,9-12,14-15H2,1-2H3,(H,29,30). The molecule has 2 aliphatic rings. The lowest BCUT2D eigenvalue weighted by Crippen LogP contribution is -2.41. The fourth-order valence-corrected chi connectivity index (χ4v) is 8.34. The Morgan fingerprint density at radius 2 is 1.65 bits per heavy atom. The molecular weight excluding hydrogens is 595 g/mol. The van der Waals surface area contributed by atoms with Gasteiger partial charge in [0.05, 0.1) is 51.8 Å². The van der Waals surface area contributed by atoms with Crippen LogP contribution in [-0.2, 0) is 32.8 Å². The van der Waals surface area contributed by atoms with Gasteiger partial charge in [-0.3, -0.25) is 10.3 Å². The summed E-state index contributed by atoms with van der Waals surface area (Å²) in [6, 6.07) is 10.5. The van der Waals surface area contributed by atoms with E-state index in [4.69, 9.17) is 23.2 Å². The van der Waals surface area contributed by atoms with E-state index < -0.39 is 19.7 Å². The number of nitrogens with one attached hydrogen (secondary N) is 2. The predicted octanol–water partition coefficient (Wildman–Crippen LogP) is 3.15. The number of hydrogen-bond donors (Lipinski definition) is 2. The number of halogens is 2. The highest BCUT2D eigenvalue weighted by Crippen LogP contribution is 2.41. The highest BCUT2D eigenvalue weighted by molar-refractivity contribution is 7.91. The Labute approximate surface area is 242 Å². The summed E-state index contributed by atoms with van der Waals surface area (Å²) in [7, 11) is -7.22. The number of hydrogen-bond acceptors (Lipinski definition) is 8. The lowest BCUT2D eigenvalue weighted by atomic mass is 10.2. The molecule has 212 valence electrons. The zero-order valence-corrected chi connectivity index (χ0v) is 25.0. The zero-order valence-electron chi connectivity index (χ0n) is 21.9. The Morgan fingerprint density at radius 3 is 2.30 bits per heavy atom. The van der Waals surface area contributed by atoms with Gasteiger partial charge in [-0.2, -0.15) is 0 Å². The minimum Gasteiger partial charge on any atom is -0.370 e. The van der Waals surface area contributed by atoms with Crippen molar-refractivity contribution in [3.8, 4) is 0 Å². The molecule has 1 unspecified atom stereocenters. The average Bonchev–Trinajstić information content (AvgIpc) is 3.65. The van der Waals surface area contributed by atoms with Gasteiger partial charge >= 0.3 is 0 Å². The van der Waals surface area contributed by atoms with Crippen LogP contribution >= 0.6 is 23.2 Å². The summed E-state index contributed by atoms with van der Waals surface area (Å²) in [5, 5.41) is 8.71. The van der Waals surface area contributed by atoms with Gasteiger partial charge in [-0.1, -0.05) is 47.5 Å². The van der Waals surface area contributed by atoms with Crippen LogP contribution in [0.5, 0.6) is 0 Å². The third-order valence-corrected chi connectivity index (χ3v) is 10.2. The average molecular weight is 624 g/mol. The molecule has 1 atom stereocenters. The van der Waals surface area contributed by atoms with Crippen molar-refractivity contribution in [1.82, 2.24) is 19.8 Å². The molecule has 4 heterocycles. The maximum Gasteiger partial charge on any atom is 0.179 e. The fraction of sp³-hybridized carbons (Fsp3) is 0.346. The Kier molecular flexibility index (Phi) is 6.82. The molecule has 1 fully saturated rings. The molecule has 2 aromatic carbocycles. The number of aliphatic imine (C=N–C) groups is 1. The van der Waals surface area contributed by atoms with E-state index in [0.29, 0.717) is 76.9 Å². The van der Waals surface area contributed by atoms with Crippen molar-refractivity contribution < 1.29 is 16.8 Å². The smallest absolute Gasteiger partial charge is 0.179 e. The number of sulfone groups is 2. The van der Waals surface area contributed by atoms with Gasteiger partial charge in [-0.25, -0.2) is 16.8 Å². The molecular formula is C26H28Cl2N6O4S2. The molecule has 40 heavy (non-hydrogen) atoms. The first-order chi connectivity index (χ1) is 18.9. The lowest BCUT2D eigenvalue weighted by molar-refractivity contribution is 0.509. The minimum absolute atomic E-state index is 0.192. The molecule has 0 aliphatic carbocycles. The summed E-state index contributed by atoms with van der Waals surface area (Å²) >= 11 is 13.3. The second-order valence-corrected chi connectivity index (χ2v) is 14.9. The fourth-order valence-electron chi connectivity index (χ4n) is 5.77. The second kappa shape index (κ2) is 9.95. The molecule has 0 saturated carbocycles. The molecule has 10 nitrogen and oxygen atoms in total. The third-order valence-electron chi connectivity index (χ3n) is 7.34. The molecule has 1 saturated heterocycles. The summed E-state index contributed by atoms with van der Waals surface area (Å²) in [6.45, 7) is 3.11. The van der Waals surface area contributed by atoms with E-state index in [1.165, 1.54) is 12.5 Å². The summed E-state index contributed by atoms with van der Waals surface area (Å²) in [5.41, 5.74) is 1.23. The van der Waals surface area contributed by atoms with Gasteiger partial charge in [0.25, 0.3) is 0 Å².